The summed E-state index contributed by atoms with van der Waals surface area (Å²) >= 11 is 5.98. The smallest absolute Gasteiger partial charge is 0.272 e. The summed E-state index contributed by atoms with van der Waals surface area (Å²) in [4.78, 5) is 25.9. The highest BCUT2D eigenvalue weighted by Gasteiger charge is 2.11. The number of aromatic nitrogens is 1. The van der Waals surface area contributed by atoms with Crippen molar-refractivity contribution in [2.75, 3.05) is 12.4 Å². The molecule has 0 fully saturated rings. The summed E-state index contributed by atoms with van der Waals surface area (Å²) < 4.78 is 5.03. The number of hydrogen-bond acceptors (Lipinski definition) is 3. The molecule has 2 N–H and O–H groups in total. The number of anilines is 1. The fourth-order valence-electron chi connectivity index (χ4n) is 1.68. The standard InChI is InChI=1S/C14H13ClN2O3/c1-8(18)11-4-5-12(17-11)14(19)16-9-3-6-13(20-2)10(15)7-9/h3-7,17H,1-2H3,(H,16,19). The van der Waals surface area contributed by atoms with Crippen LogP contribution in [0.3, 0.4) is 0 Å². The Labute approximate surface area is 120 Å². The Balaban J connectivity index is 2.14. The van der Waals surface area contributed by atoms with Gasteiger partial charge in [0.1, 0.15) is 11.4 Å². The maximum absolute atomic E-state index is 12.0. The number of methoxy groups -OCH3 is 1. The second-order valence-corrected chi connectivity index (χ2v) is 4.55. The van der Waals surface area contributed by atoms with Gasteiger partial charge < -0.3 is 15.0 Å². The third-order valence-corrected chi connectivity index (χ3v) is 3.01. The molecule has 0 unspecified atom stereocenters. The van der Waals surface area contributed by atoms with E-state index >= 15 is 0 Å². The number of rotatable bonds is 4. The number of ether oxygens (including phenoxy) is 1. The predicted molar refractivity (Wildman–Crippen MR) is 76.8 cm³/mol. The molecular formula is C14H13ClN2O3. The Morgan fingerprint density at radius 3 is 2.45 bits per heavy atom. The Kier molecular flexibility index (Phi) is 4.10. The minimum Gasteiger partial charge on any atom is -0.495 e. The minimum atomic E-state index is -0.348. The molecule has 0 radical (unpaired) electrons. The number of aromatic amines is 1. The molecule has 104 valence electrons. The second-order valence-electron chi connectivity index (χ2n) is 4.15. The van der Waals surface area contributed by atoms with Crippen molar-refractivity contribution < 1.29 is 14.3 Å². The van der Waals surface area contributed by atoms with Crippen molar-refractivity contribution in [1.82, 2.24) is 4.98 Å². The van der Waals surface area contributed by atoms with E-state index in [9.17, 15) is 9.59 Å². The maximum atomic E-state index is 12.0. The highest BCUT2D eigenvalue weighted by molar-refractivity contribution is 6.32. The van der Waals surface area contributed by atoms with Gasteiger partial charge in [-0.15, -0.1) is 0 Å². The Bertz CT molecular complexity index is 664. The van der Waals surface area contributed by atoms with Crippen LogP contribution in [0, 0.1) is 0 Å². The van der Waals surface area contributed by atoms with Crippen LogP contribution in [0.2, 0.25) is 5.02 Å². The molecule has 0 aliphatic rings. The zero-order valence-electron chi connectivity index (χ0n) is 11.0. The minimum absolute atomic E-state index is 0.128. The Morgan fingerprint density at radius 1 is 1.20 bits per heavy atom. The second kappa shape index (κ2) is 5.79. The van der Waals surface area contributed by atoms with E-state index in [1.54, 1.807) is 30.3 Å². The number of Topliss-reactive ketones (excluding diaryl/α,β-unsaturated/α-hetero) is 1. The van der Waals surface area contributed by atoms with Crippen LogP contribution in [0.25, 0.3) is 0 Å². The molecule has 2 aromatic rings. The van der Waals surface area contributed by atoms with Gasteiger partial charge in [0.05, 0.1) is 17.8 Å². The molecular weight excluding hydrogens is 280 g/mol. The lowest BCUT2D eigenvalue weighted by Crippen LogP contribution is -2.12. The first-order valence-electron chi connectivity index (χ1n) is 5.86. The normalized spacial score (nSPS) is 10.2. The molecule has 0 aliphatic heterocycles. The number of benzene rings is 1. The molecule has 0 saturated carbocycles. The van der Waals surface area contributed by atoms with E-state index in [1.165, 1.54) is 14.0 Å². The number of carbonyl (C=O) groups excluding carboxylic acids is 2. The van der Waals surface area contributed by atoms with Crippen molar-refractivity contribution in [3.8, 4) is 5.75 Å². The van der Waals surface area contributed by atoms with Gasteiger partial charge >= 0.3 is 0 Å². The summed E-state index contributed by atoms with van der Waals surface area (Å²) in [5, 5.41) is 3.09. The number of H-pyrrole nitrogens is 1. The molecule has 1 heterocycles. The summed E-state index contributed by atoms with van der Waals surface area (Å²) in [5.74, 6) is 0.0543. The molecule has 1 aromatic carbocycles. The molecule has 0 atom stereocenters. The van der Waals surface area contributed by atoms with Crippen LogP contribution in [0.1, 0.15) is 27.9 Å². The molecule has 1 aromatic heterocycles. The third kappa shape index (κ3) is 3.00. The van der Waals surface area contributed by atoms with E-state index < -0.39 is 0 Å². The van der Waals surface area contributed by atoms with Gasteiger partial charge in [0.2, 0.25) is 0 Å². The molecule has 20 heavy (non-hydrogen) atoms. The van der Waals surface area contributed by atoms with E-state index in [0.717, 1.165) is 0 Å². The van der Waals surface area contributed by atoms with Crippen LogP contribution >= 0.6 is 11.6 Å². The van der Waals surface area contributed by atoms with Crippen LogP contribution in [-0.2, 0) is 0 Å². The summed E-state index contributed by atoms with van der Waals surface area (Å²) in [6, 6.07) is 8.05. The molecule has 5 nitrogen and oxygen atoms in total. The Morgan fingerprint density at radius 2 is 1.90 bits per heavy atom. The summed E-state index contributed by atoms with van der Waals surface area (Å²) in [6.45, 7) is 1.43. The van der Waals surface area contributed by atoms with Crippen molar-refractivity contribution in [2.45, 2.75) is 6.92 Å². The number of amides is 1. The molecule has 0 aliphatic carbocycles. The maximum Gasteiger partial charge on any atom is 0.272 e. The van der Waals surface area contributed by atoms with Gasteiger partial charge in [0.25, 0.3) is 5.91 Å². The van der Waals surface area contributed by atoms with Crippen molar-refractivity contribution >= 4 is 29.0 Å². The molecule has 6 heteroatoms. The summed E-state index contributed by atoms with van der Waals surface area (Å²) in [6.07, 6.45) is 0. The Hall–Kier alpha value is -2.27. The van der Waals surface area contributed by atoms with Gasteiger partial charge in [-0.1, -0.05) is 11.6 Å². The molecule has 2 rings (SSSR count). The summed E-state index contributed by atoms with van der Waals surface area (Å²) in [5.41, 5.74) is 1.24. The van der Waals surface area contributed by atoms with Gasteiger partial charge in [0, 0.05) is 12.6 Å². The number of hydrogen-bond donors (Lipinski definition) is 2. The number of halogens is 1. The van der Waals surface area contributed by atoms with E-state index in [-0.39, 0.29) is 11.7 Å². The fourth-order valence-corrected chi connectivity index (χ4v) is 1.93. The van der Waals surface area contributed by atoms with Gasteiger partial charge in [-0.2, -0.15) is 0 Å². The molecule has 0 spiro atoms. The third-order valence-electron chi connectivity index (χ3n) is 2.72. The van der Waals surface area contributed by atoms with Gasteiger partial charge in [-0.05, 0) is 30.3 Å². The SMILES string of the molecule is COc1ccc(NC(=O)c2ccc(C(C)=O)[nH]2)cc1Cl. The van der Waals surface area contributed by atoms with E-state index in [4.69, 9.17) is 16.3 Å². The van der Waals surface area contributed by atoms with Crippen molar-refractivity contribution in [3.05, 3.63) is 46.7 Å². The predicted octanol–water partition coefficient (Wildman–Crippen LogP) is 3.13. The van der Waals surface area contributed by atoms with Crippen molar-refractivity contribution in [2.24, 2.45) is 0 Å². The van der Waals surface area contributed by atoms with Gasteiger partial charge in [0.15, 0.2) is 5.78 Å². The first-order valence-corrected chi connectivity index (χ1v) is 6.24. The zero-order chi connectivity index (χ0) is 14.7. The van der Waals surface area contributed by atoms with Crippen LogP contribution < -0.4 is 10.1 Å². The lowest BCUT2D eigenvalue weighted by atomic mass is 10.3. The highest BCUT2D eigenvalue weighted by atomic mass is 35.5. The lowest BCUT2D eigenvalue weighted by Gasteiger charge is -2.07. The first kappa shape index (κ1) is 14.1. The number of nitrogens with one attached hydrogen (secondary N) is 2. The van der Waals surface area contributed by atoms with E-state index in [2.05, 4.69) is 10.3 Å². The first-order chi connectivity index (χ1) is 9.51. The van der Waals surface area contributed by atoms with Crippen LogP contribution in [-0.4, -0.2) is 23.8 Å². The molecule has 1 amide bonds. The van der Waals surface area contributed by atoms with Crippen LogP contribution in [0.4, 0.5) is 5.69 Å². The molecule has 0 saturated heterocycles. The zero-order valence-corrected chi connectivity index (χ0v) is 11.7. The quantitative estimate of drug-likeness (QED) is 0.851. The lowest BCUT2D eigenvalue weighted by molar-refractivity contribution is 0.101. The number of ketones is 1. The highest BCUT2D eigenvalue weighted by Crippen LogP contribution is 2.27. The average molecular weight is 293 g/mol. The van der Waals surface area contributed by atoms with E-state index in [1.807, 2.05) is 0 Å². The van der Waals surface area contributed by atoms with Crippen molar-refractivity contribution in [3.63, 3.8) is 0 Å². The number of carbonyl (C=O) groups is 2. The van der Waals surface area contributed by atoms with Gasteiger partial charge in [-0.3, -0.25) is 9.59 Å². The molecule has 0 bridgehead atoms. The topological polar surface area (TPSA) is 71.2 Å². The fraction of sp³-hybridized carbons (Fsp3) is 0.143. The van der Waals surface area contributed by atoms with Crippen molar-refractivity contribution in [1.29, 1.82) is 0 Å². The monoisotopic (exact) mass is 292 g/mol. The van der Waals surface area contributed by atoms with Crippen LogP contribution in [0.15, 0.2) is 30.3 Å². The van der Waals surface area contributed by atoms with Crippen LogP contribution in [0.5, 0.6) is 5.75 Å². The van der Waals surface area contributed by atoms with Gasteiger partial charge in [-0.25, -0.2) is 0 Å². The average Bonchev–Trinajstić information content (AvgIpc) is 2.88. The van der Waals surface area contributed by atoms with E-state index in [0.29, 0.717) is 27.8 Å². The largest absolute Gasteiger partial charge is 0.495 e. The summed E-state index contributed by atoms with van der Waals surface area (Å²) in [7, 11) is 1.52.